The quantitative estimate of drug-likeness (QED) is 0.666. The Kier molecular flexibility index (Phi) is 5.08. The van der Waals surface area contributed by atoms with Crippen molar-refractivity contribution in [3.63, 3.8) is 0 Å². The highest BCUT2D eigenvalue weighted by Crippen LogP contribution is 2.33. The van der Waals surface area contributed by atoms with E-state index in [0.29, 0.717) is 17.3 Å². The third-order valence-electron chi connectivity index (χ3n) is 6.08. The molecular weight excluding hydrogens is 402 g/mol. The summed E-state index contributed by atoms with van der Waals surface area (Å²) in [5.41, 5.74) is 2.95. The molecule has 6 nitrogen and oxygen atoms in total. The number of benzene rings is 2. The maximum absolute atomic E-state index is 13.4. The third-order valence-corrected chi connectivity index (χ3v) is 6.59. The van der Waals surface area contributed by atoms with Gasteiger partial charge in [-0.15, -0.1) is 0 Å². The summed E-state index contributed by atoms with van der Waals surface area (Å²) in [6.07, 6.45) is 0.742. The second kappa shape index (κ2) is 7.45. The average Bonchev–Trinajstić information content (AvgIpc) is 3.26. The zero-order valence-electron chi connectivity index (χ0n) is 17.2. The molecule has 1 unspecified atom stereocenters. The SMILES string of the molecule is Cc1ccc2c(cc(C(=O)NC3(c4ccc(C(=O)O)cc4)CCN(C)C3)n2C)c1Cl. The van der Waals surface area contributed by atoms with Crippen molar-refractivity contribution in [2.24, 2.45) is 7.05 Å². The first-order chi connectivity index (χ1) is 14.2. The Morgan fingerprint density at radius 3 is 2.43 bits per heavy atom. The molecule has 1 aliphatic heterocycles. The van der Waals surface area contributed by atoms with Crippen molar-refractivity contribution in [2.75, 3.05) is 20.1 Å². The van der Waals surface area contributed by atoms with Gasteiger partial charge < -0.3 is 19.9 Å². The number of likely N-dealkylation sites (tertiary alicyclic amines) is 1. The van der Waals surface area contributed by atoms with Gasteiger partial charge in [0, 0.05) is 31.0 Å². The fraction of sp³-hybridized carbons (Fsp3) is 0.304. The molecule has 1 aliphatic rings. The summed E-state index contributed by atoms with van der Waals surface area (Å²) in [5.74, 6) is -1.15. The number of fused-ring (bicyclic) bond motifs is 1. The number of nitrogens with one attached hydrogen (secondary N) is 1. The maximum atomic E-state index is 13.4. The number of carbonyl (C=O) groups is 2. The second-order valence-corrected chi connectivity index (χ2v) is 8.50. The number of carboxylic acid groups (broad SMARTS) is 1. The molecule has 1 atom stereocenters. The van der Waals surface area contributed by atoms with E-state index in [9.17, 15) is 14.7 Å². The van der Waals surface area contributed by atoms with E-state index >= 15 is 0 Å². The fourth-order valence-corrected chi connectivity index (χ4v) is 4.54. The van der Waals surface area contributed by atoms with Crippen molar-refractivity contribution < 1.29 is 14.7 Å². The molecule has 0 saturated carbocycles. The van der Waals surface area contributed by atoms with Crippen LogP contribution in [0.1, 0.15) is 38.4 Å². The smallest absolute Gasteiger partial charge is 0.335 e. The van der Waals surface area contributed by atoms with Gasteiger partial charge in [0.15, 0.2) is 0 Å². The van der Waals surface area contributed by atoms with Crippen molar-refractivity contribution in [3.8, 4) is 0 Å². The minimum Gasteiger partial charge on any atom is -0.478 e. The monoisotopic (exact) mass is 425 g/mol. The van der Waals surface area contributed by atoms with Gasteiger partial charge in [-0.05, 0) is 55.8 Å². The van der Waals surface area contributed by atoms with E-state index in [0.717, 1.165) is 35.0 Å². The minimum atomic E-state index is -0.967. The summed E-state index contributed by atoms with van der Waals surface area (Å²) in [7, 11) is 3.87. The second-order valence-electron chi connectivity index (χ2n) is 8.12. The Morgan fingerprint density at radius 2 is 1.83 bits per heavy atom. The number of aryl methyl sites for hydroxylation is 2. The largest absolute Gasteiger partial charge is 0.478 e. The van der Waals surface area contributed by atoms with Gasteiger partial charge in [-0.3, -0.25) is 4.79 Å². The Morgan fingerprint density at radius 1 is 1.13 bits per heavy atom. The normalized spacial score (nSPS) is 19.3. The first-order valence-corrected chi connectivity index (χ1v) is 10.2. The summed E-state index contributed by atoms with van der Waals surface area (Å²) >= 11 is 6.47. The molecule has 3 aromatic rings. The molecule has 156 valence electrons. The van der Waals surface area contributed by atoms with Gasteiger partial charge in [0.05, 0.1) is 16.1 Å². The molecule has 30 heavy (non-hydrogen) atoms. The lowest BCUT2D eigenvalue weighted by atomic mass is 9.88. The van der Waals surface area contributed by atoms with Crippen LogP contribution in [0.2, 0.25) is 5.02 Å². The maximum Gasteiger partial charge on any atom is 0.335 e. The number of likely N-dealkylation sites (N-methyl/N-ethyl adjacent to an activating group) is 1. The van der Waals surface area contributed by atoms with Crippen molar-refractivity contribution in [2.45, 2.75) is 18.9 Å². The molecule has 0 aliphatic carbocycles. The van der Waals surface area contributed by atoms with Gasteiger partial charge in [0.25, 0.3) is 5.91 Å². The van der Waals surface area contributed by atoms with E-state index in [2.05, 4.69) is 10.2 Å². The predicted octanol–water partition coefficient (Wildman–Crippen LogP) is 3.80. The predicted molar refractivity (Wildman–Crippen MR) is 117 cm³/mol. The van der Waals surface area contributed by atoms with Crippen LogP contribution in [-0.4, -0.2) is 46.6 Å². The topological polar surface area (TPSA) is 74.6 Å². The zero-order valence-corrected chi connectivity index (χ0v) is 18.0. The first-order valence-electron chi connectivity index (χ1n) is 9.81. The fourth-order valence-electron chi connectivity index (χ4n) is 4.33. The number of carbonyl (C=O) groups excluding carboxylic acids is 1. The van der Waals surface area contributed by atoms with Gasteiger partial charge in [-0.2, -0.15) is 0 Å². The molecule has 1 amide bonds. The highest BCUT2D eigenvalue weighted by molar-refractivity contribution is 6.36. The molecule has 4 rings (SSSR count). The highest BCUT2D eigenvalue weighted by atomic mass is 35.5. The number of aromatic nitrogens is 1. The van der Waals surface area contributed by atoms with E-state index in [1.165, 1.54) is 0 Å². The van der Waals surface area contributed by atoms with Crippen LogP contribution in [0.4, 0.5) is 0 Å². The molecule has 0 bridgehead atoms. The number of halogens is 1. The highest BCUT2D eigenvalue weighted by Gasteiger charge is 2.40. The van der Waals surface area contributed by atoms with E-state index in [1.54, 1.807) is 24.3 Å². The number of aromatic carboxylic acids is 1. The van der Waals surface area contributed by atoms with E-state index in [1.807, 2.05) is 43.8 Å². The van der Waals surface area contributed by atoms with Crippen molar-refractivity contribution in [1.82, 2.24) is 14.8 Å². The Bertz CT molecular complexity index is 1150. The zero-order chi connectivity index (χ0) is 21.6. The summed E-state index contributed by atoms with van der Waals surface area (Å²) in [5, 5.41) is 13.9. The summed E-state index contributed by atoms with van der Waals surface area (Å²) < 4.78 is 1.86. The van der Waals surface area contributed by atoms with Crippen LogP contribution in [0.15, 0.2) is 42.5 Å². The lowest BCUT2D eigenvalue weighted by molar-refractivity contribution is 0.0696. The van der Waals surface area contributed by atoms with Crippen LogP contribution in [0.25, 0.3) is 10.9 Å². The van der Waals surface area contributed by atoms with Crippen LogP contribution >= 0.6 is 11.6 Å². The van der Waals surface area contributed by atoms with Crippen LogP contribution in [-0.2, 0) is 12.6 Å². The van der Waals surface area contributed by atoms with Crippen molar-refractivity contribution in [3.05, 3.63) is 69.9 Å². The molecule has 0 spiro atoms. The molecule has 2 heterocycles. The first kappa shape index (κ1) is 20.4. The van der Waals surface area contributed by atoms with E-state index in [-0.39, 0.29) is 11.5 Å². The van der Waals surface area contributed by atoms with Crippen LogP contribution < -0.4 is 5.32 Å². The van der Waals surface area contributed by atoms with Crippen LogP contribution in [0, 0.1) is 6.92 Å². The van der Waals surface area contributed by atoms with Gasteiger partial charge in [0.2, 0.25) is 0 Å². The van der Waals surface area contributed by atoms with Gasteiger partial charge in [-0.1, -0.05) is 29.8 Å². The number of rotatable bonds is 4. The standard InChI is InChI=1S/C23H24ClN3O3/c1-14-4-9-18-17(20(14)24)12-19(27(18)3)21(28)25-23(10-11-26(2)13-23)16-7-5-15(6-8-16)22(29)30/h4-9,12H,10-11,13H2,1-3H3,(H,25,28)(H,29,30). The van der Waals surface area contributed by atoms with Crippen LogP contribution in [0.5, 0.6) is 0 Å². The third kappa shape index (κ3) is 3.36. The number of carboxylic acids is 1. The van der Waals surface area contributed by atoms with Crippen LogP contribution in [0.3, 0.4) is 0 Å². The van der Waals surface area contributed by atoms with E-state index < -0.39 is 11.5 Å². The molecule has 2 aromatic carbocycles. The van der Waals surface area contributed by atoms with Gasteiger partial charge in [0.1, 0.15) is 5.69 Å². The number of nitrogens with zero attached hydrogens (tertiary/aromatic N) is 2. The Balaban J connectivity index is 1.71. The summed E-state index contributed by atoms with van der Waals surface area (Å²) in [6, 6.07) is 12.5. The Hall–Kier alpha value is -2.83. The number of hydrogen-bond donors (Lipinski definition) is 2. The Labute approximate surface area is 180 Å². The minimum absolute atomic E-state index is 0.181. The van der Waals surface area contributed by atoms with Crippen molar-refractivity contribution >= 4 is 34.4 Å². The van der Waals surface area contributed by atoms with E-state index in [4.69, 9.17) is 11.6 Å². The van der Waals surface area contributed by atoms with Gasteiger partial charge in [-0.25, -0.2) is 4.79 Å². The molecule has 1 fully saturated rings. The van der Waals surface area contributed by atoms with Gasteiger partial charge >= 0.3 is 5.97 Å². The lowest BCUT2D eigenvalue weighted by Gasteiger charge is -2.31. The molecule has 2 N–H and O–H groups in total. The summed E-state index contributed by atoms with van der Waals surface area (Å²) in [4.78, 5) is 26.7. The molecule has 7 heteroatoms. The van der Waals surface area contributed by atoms with Crippen molar-refractivity contribution in [1.29, 1.82) is 0 Å². The lowest BCUT2D eigenvalue weighted by Crippen LogP contribution is -2.48. The molecule has 0 radical (unpaired) electrons. The molecule has 1 saturated heterocycles. The average molecular weight is 426 g/mol. The number of amides is 1. The molecular formula is C23H24ClN3O3. The molecule has 1 aromatic heterocycles. The summed E-state index contributed by atoms with van der Waals surface area (Å²) in [6.45, 7) is 3.43. The number of hydrogen-bond acceptors (Lipinski definition) is 3.